The number of nitrogens with zero attached hydrogens (tertiary/aromatic N) is 1. The van der Waals surface area contributed by atoms with Gasteiger partial charge in [-0.1, -0.05) is 62.7 Å². The van der Waals surface area contributed by atoms with Gasteiger partial charge in [-0.2, -0.15) is 0 Å². The van der Waals surface area contributed by atoms with E-state index in [2.05, 4.69) is 52.0 Å². The molecular formula is C27H31ClNO2. The van der Waals surface area contributed by atoms with Gasteiger partial charge < -0.3 is 9.84 Å². The first-order valence-corrected chi connectivity index (χ1v) is 11.3. The highest BCUT2D eigenvalue weighted by atomic mass is 35.5. The molecule has 0 spiro atoms. The quantitative estimate of drug-likeness (QED) is 0.485. The van der Waals surface area contributed by atoms with Crippen LogP contribution in [0.3, 0.4) is 0 Å². The molecule has 0 bridgehead atoms. The van der Waals surface area contributed by atoms with Crippen LogP contribution in [0.2, 0.25) is 5.15 Å². The van der Waals surface area contributed by atoms with E-state index in [9.17, 15) is 5.11 Å². The Morgan fingerprint density at radius 2 is 1.81 bits per heavy atom. The monoisotopic (exact) mass is 436 g/mol. The first kappa shape index (κ1) is 22.1. The number of rotatable bonds is 3. The highest BCUT2D eigenvalue weighted by molar-refractivity contribution is 6.30. The smallest absolute Gasteiger partial charge is 0.133 e. The number of ether oxygens (including phenoxy) is 1. The highest BCUT2D eigenvalue weighted by Gasteiger charge is 2.39. The highest BCUT2D eigenvalue weighted by Crippen LogP contribution is 2.47. The molecule has 0 saturated carbocycles. The van der Waals surface area contributed by atoms with Crippen LogP contribution in [0.5, 0.6) is 5.75 Å². The van der Waals surface area contributed by atoms with Crippen molar-refractivity contribution in [2.24, 2.45) is 0 Å². The number of aliphatic hydroxyl groups is 1. The molecule has 0 amide bonds. The molecule has 1 atom stereocenters. The van der Waals surface area contributed by atoms with Gasteiger partial charge in [0.15, 0.2) is 0 Å². The molecule has 4 rings (SSSR count). The minimum Gasteiger partial charge on any atom is -0.485 e. The minimum atomic E-state index is -0.690. The topological polar surface area (TPSA) is 42.4 Å². The van der Waals surface area contributed by atoms with Gasteiger partial charge >= 0.3 is 0 Å². The van der Waals surface area contributed by atoms with Gasteiger partial charge in [0, 0.05) is 22.9 Å². The van der Waals surface area contributed by atoms with Crippen molar-refractivity contribution >= 4 is 22.5 Å². The third-order valence-electron chi connectivity index (χ3n) is 6.25. The number of aryl methyl sites for hydroxylation is 2. The van der Waals surface area contributed by atoms with E-state index in [-0.39, 0.29) is 5.41 Å². The second kappa shape index (κ2) is 7.79. The molecular weight excluding hydrogens is 406 g/mol. The summed E-state index contributed by atoms with van der Waals surface area (Å²) in [5, 5.41) is 12.2. The molecule has 1 aliphatic rings. The van der Waals surface area contributed by atoms with Crippen LogP contribution in [0.15, 0.2) is 36.4 Å². The zero-order valence-electron chi connectivity index (χ0n) is 19.2. The fourth-order valence-corrected chi connectivity index (χ4v) is 4.79. The summed E-state index contributed by atoms with van der Waals surface area (Å²) in [6, 6.07) is 12.5. The Balaban J connectivity index is 1.92. The van der Waals surface area contributed by atoms with Crippen molar-refractivity contribution in [1.82, 2.24) is 4.98 Å². The first-order chi connectivity index (χ1) is 14.5. The van der Waals surface area contributed by atoms with Crippen molar-refractivity contribution in [3.05, 3.63) is 75.8 Å². The van der Waals surface area contributed by atoms with Crippen LogP contribution in [0, 0.1) is 13.3 Å². The summed E-state index contributed by atoms with van der Waals surface area (Å²) in [4.78, 5) is 4.80. The second-order valence-electron chi connectivity index (χ2n) is 10.1. The van der Waals surface area contributed by atoms with Crippen LogP contribution >= 0.6 is 11.6 Å². The van der Waals surface area contributed by atoms with Crippen molar-refractivity contribution in [2.45, 2.75) is 71.5 Å². The number of hydrogen-bond donors (Lipinski definition) is 1. The van der Waals surface area contributed by atoms with Crippen molar-refractivity contribution in [2.75, 3.05) is 0 Å². The summed E-state index contributed by atoms with van der Waals surface area (Å²) >= 11 is 6.70. The largest absolute Gasteiger partial charge is 0.485 e. The molecule has 1 aliphatic heterocycles. The molecule has 4 heteroatoms. The average molecular weight is 437 g/mol. The Bertz CT molecular complexity index is 1130. The van der Waals surface area contributed by atoms with Gasteiger partial charge in [-0.25, -0.2) is 4.98 Å². The normalized spacial score (nSPS) is 18.0. The summed E-state index contributed by atoms with van der Waals surface area (Å²) in [6.45, 7) is 12.6. The number of halogens is 1. The molecule has 0 unspecified atom stereocenters. The molecule has 163 valence electrons. The summed E-state index contributed by atoms with van der Waals surface area (Å²) in [5.41, 5.74) is 5.52. The van der Waals surface area contributed by atoms with Crippen LogP contribution in [-0.2, 0) is 18.3 Å². The SMILES string of the molecule is Cc1c(CCc2ccccc2)c(Cl)nc2cc3c(c(C(C)(C)C)c12)OC(C)(C)[C@H](O)[CH]3. The summed E-state index contributed by atoms with van der Waals surface area (Å²) in [5.74, 6) is 0.844. The lowest BCUT2D eigenvalue weighted by Crippen LogP contribution is -2.46. The molecule has 0 fully saturated rings. The molecule has 31 heavy (non-hydrogen) atoms. The fourth-order valence-electron chi connectivity index (χ4n) is 4.47. The van der Waals surface area contributed by atoms with E-state index < -0.39 is 11.7 Å². The fraction of sp³-hybridized carbons (Fsp3) is 0.407. The van der Waals surface area contributed by atoms with E-state index >= 15 is 0 Å². The van der Waals surface area contributed by atoms with Crippen LogP contribution in [0.1, 0.15) is 62.4 Å². The van der Waals surface area contributed by atoms with E-state index in [0.717, 1.165) is 51.7 Å². The van der Waals surface area contributed by atoms with Gasteiger partial charge in [0.25, 0.3) is 0 Å². The number of aliphatic hydroxyl groups excluding tert-OH is 1. The van der Waals surface area contributed by atoms with Gasteiger partial charge in [-0.3, -0.25) is 0 Å². The van der Waals surface area contributed by atoms with Crippen molar-refractivity contribution in [1.29, 1.82) is 0 Å². The number of aromatic nitrogens is 1. The zero-order chi connectivity index (χ0) is 22.6. The summed E-state index contributed by atoms with van der Waals surface area (Å²) in [7, 11) is 0. The number of fused-ring (bicyclic) bond motifs is 2. The van der Waals surface area contributed by atoms with E-state index in [4.69, 9.17) is 21.3 Å². The van der Waals surface area contributed by atoms with E-state index in [1.54, 1.807) is 0 Å². The van der Waals surface area contributed by atoms with Crippen LogP contribution < -0.4 is 4.74 Å². The third-order valence-corrected chi connectivity index (χ3v) is 6.57. The van der Waals surface area contributed by atoms with Crippen molar-refractivity contribution in [3.8, 4) is 5.75 Å². The number of pyridine rings is 1. The van der Waals surface area contributed by atoms with Gasteiger partial charge in [0.05, 0.1) is 5.52 Å². The summed E-state index contributed by atoms with van der Waals surface area (Å²) in [6.07, 6.45) is 2.93. The maximum Gasteiger partial charge on any atom is 0.133 e. The lowest BCUT2D eigenvalue weighted by atomic mass is 9.78. The van der Waals surface area contributed by atoms with E-state index in [1.807, 2.05) is 32.4 Å². The Kier molecular flexibility index (Phi) is 5.56. The van der Waals surface area contributed by atoms with Crippen LogP contribution in [-0.4, -0.2) is 21.8 Å². The maximum atomic E-state index is 10.6. The average Bonchev–Trinajstić information content (AvgIpc) is 2.67. The Morgan fingerprint density at radius 1 is 1.13 bits per heavy atom. The predicted octanol–water partition coefficient (Wildman–Crippen LogP) is 6.36. The second-order valence-corrected chi connectivity index (χ2v) is 10.5. The molecule has 1 radical (unpaired) electrons. The van der Waals surface area contributed by atoms with Gasteiger partial charge in [-0.15, -0.1) is 0 Å². The lowest BCUT2D eigenvalue weighted by Gasteiger charge is -2.40. The van der Waals surface area contributed by atoms with E-state index in [1.165, 1.54) is 5.56 Å². The van der Waals surface area contributed by atoms with E-state index in [0.29, 0.717) is 5.15 Å². The zero-order valence-corrected chi connectivity index (χ0v) is 20.0. The lowest BCUT2D eigenvalue weighted by molar-refractivity contribution is -0.0199. The van der Waals surface area contributed by atoms with Crippen molar-refractivity contribution < 1.29 is 9.84 Å². The Hall–Kier alpha value is -2.10. The molecule has 3 nitrogen and oxygen atoms in total. The Labute approximate surface area is 190 Å². The van der Waals surface area contributed by atoms with Crippen LogP contribution in [0.25, 0.3) is 10.9 Å². The predicted molar refractivity (Wildman–Crippen MR) is 128 cm³/mol. The van der Waals surface area contributed by atoms with Gasteiger partial charge in [0.1, 0.15) is 22.6 Å². The molecule has 0 saturated heterocycles. The molecule has 3 aromatic rings. The maximum absolute atomic E-state index is 10.6. The minimum absolute atomic E-state index is 0.174. The number of hydrogen-bond acceptors (Lipinski definition) is 3. The summed E-state index contributed by atoms with van der Waals surface area (Å²) < 4.78 is 6.41. The molecule has 2 aromatic carbocycles. The molecule has 1 N–H and O–H groups in total. The molecule has 0 aliphatic carbocycles. The standard InChI is InChI=1S/C27H31ClNO2/c1-16-19(13-12-17-10-8-7-9-11-17)25(28)29-20-14-18-15-21(30)27(5,6)31-24(18)23(22(16)20)26(2,3)4/h7-11,14-15,21,30H,12-13H2,1-6H3/t21-/m1/s1. The Morgan fingerprint density at radius 3 is 2.45 bits per heavy atom. The third kappa shape index (κ3) is 4.06. The number of benzene rings is 2. The molecule has 1 aromatic heterocycles. The molecule has 2 heterocycles. The van der Waals surface area contributed by atoms with Crippen molar-refractivity contribution in [3.63, 3.8) is 0 Å². The first-order valence-electron chi connectivity index (χ1n) is 10.9. The van der Waals surface area contributed by atoms with Gasteiger partial charge in [0.2, 0.25) is 0 Å². The van der Waals surface area contributed by atoms with Gasteiger partial charge in [-0.05, 0) is 61.8 Å². The van der Waals surface area contributed by atoms with Crippen LogP contribution in [0.4, 0.5) is 0 Å².